The zero-order valence-corrected chi connectivity index (χ0v) is 17.6. The van der Waals surface area contributed by atoms with Crippen molar-refractivity contribution in [3.63, 3.8) is 0 Å². The van der Waals surface area contributed by atoms with Crippen LogP contribution < -0.4 is 15.4 Å². The van der Waals surface area contributed by atoms with E-state index in [2.05, 4.69) is 25.6 Å². The molecule has 0 aliphatic rings. The van der Waals surface area contributed by atoms with Crippen LogP contribution in [-0.4, -0.2) is 39.2 Å². The Hall–Kier alpha value is -3.81. The van der Waals surface area contributed by atoms with Crippen molar-refractivity contribution < 1.29 is 9.53 Å². The molecule has 0 radical (unpaired) electrons. The van der Waals surface area contributed by atoms with E-state index in [1.165, 1.54) is 0 Å². The first-order valence-corrected chi connectivity index (χ1v) is 10.2. The average molecular weight is 419 g/mol. The van der Waals surface area contributed by atoms with Gasteiger partial charge in [0, 0.05) is 32.4 Å². The smallest absolute Gasteiger partial charge is 0.315 e. The molecular formula is C23H26N6O2. The first kappa shape index (κ1) is 20.5. The van der Waals surface area contributed by atoms with Gasteiger partial charge in [0.15, 0.2) is 0 Å². The van der Waals surface area contributed by atoms with E-state index in [0.717, 1.165) is 46.8 Å². The average Bonchev–Trinajstić information content (AvgIpc) is 3.40. The number of amides is 2. The molecule has 0 fully saturated rings. The molecule has 2 amide bonds. The molecule has 2 heterocycles. The molecular weight excluding hydrogens is 392 g/mol. The molecule has 2 aromatic heterocycles. The number of ether oxygens (including phenoxy) is 1. The Morgan fingerprint density at radius 1 is 1.19 bits per heavy atom. The lowest BCUT2D eigenvalue weighted by Crippen LogP contribution is -2.39. The van der Waals surface area contributed by atoms with Crippen LogP contribution in [0, 0.1) is 0 Å². The number of imidazole rings is 2. The molecule has 0 saturated carbocycles. The summed E-state index contributed by atoms with van der Waals surface area (Å²) in [6.45, 7) is 0.540. The van der Waals surface area contributed by atoms with Crippen LogP contribution in [0.25, 0.3) is 11.0 Å². The summed E-state index contributed by atoms with van der Waals surface area (Å²) in [6, 6.07) is 14.9. The van der Waals surface area contributed by atoms with Crippen molar-refractivity contribution in [3.8, 4) is 5.75 Å². The fraction of sp³-hybridized carbons (Fsp3) is 0.261. The third kappa shape index (κ3) is 4.85. The quantitative estimate of drug-likeness (QED) is 0.383. The maximum absolute atomic E-state index is 12.6. The Morgan fingerprint density at radius 2 is 2.00 bits per heavy atom. The van der Waals surface area contributed by atoms with Crippen molar-refractivity contribution in [2.24, 2.45) is 7.05 Å². The minimum atomic E-state index is -0.374. The number of hydrogen-bond acceptors (Lipinski definition) is 4. The van der Waals surface area contributed by atoms with Gasteiger partial charge in [-0.2, -0.15) is 0 Å². The van der Waals surface area contributed by atoms with E-state index in [4.69, 9.17) is 4.74 Å². The first-order chi connectivity index (χ1) is 15.1. The molecule has 160 valence electrons. The highest BCUT2D eigenvalue weighted by Crippen LogP contribution is 2.23. The summed E-state index contributed by atoms with van der Waals surface area (Å²) in [6.07, 6.45) is 5.12. The van der Waals surface area contributed by atoms with Gasteiger partial charge in [-0.15, -0.1) is 0 Å². The molecule has 8 nitrogen and oxygen atoms in total. The molecule has 8 heteroatoms. The molecule has 0 saturated heterocycles. The van der Waals surface area contributed by atoms with Crippen molar-refractivity contribution in [3.05, 3.63) is 78.1 Å². The Morgan fingerprint density at radius 3 is 2.71 bits per heavy atom. The van der Waals surface area contributed by atoms with Gasteiger partial charge in [0.25, 0.3) is 0 Å². The zero-order chi connectivity index (χ0) is 21.6. The van der Waals surface area contributed by atoms with Gasteiger partial charge in [0.05, 0.1) is 18.1 Å². The molecule has 0 bridgehead atoms. The number of urea groups is 1. The Bertz CT molecular complexity index is 1120. The van der Waals surface area contributed by atoms with E-state index in [9.17, 15) is 4.79 Å². The Labute approximate surface area is 180 Å². The standard InChI is InChI=1S/C23H26N6O2/c1-29-15-14-24-22(29)21(16-9-11-17(31-2)12-10-16)28-23(30)25-13-5-8-20-26-18-6-3-4-7-19(18)27-20/h3-4,6-7,9-12,14-15,21H,5,8,13H2,1-2H3,(H,26,27)(H2,25,28,30)/t21-/m0/s1. The lowest BCUT2D eigenvalue weighted by atomic mass is 10.1. The maximum Gasteiger partial charge on any atom is 0.315 e. The number of hydrogen-bond donors (Lipinski definition) is 3. The molecule has 2 aromatic carbocycles. The van der Waals surface area contributed by atoms with Crippen LogP contribution in [0.5, 0.6) is 5.75 Å². The number of aryl methyl sites for hydroxylation is 2. The fourth-order valence-corrected chi connectivity index (χ4v) is 3.51. The summed E-state index contributed by atoms with van der Waals surface area (Å²) in [4.78, 5) is 24.9. The number of para-hydroxylation sites is 2. The van der Waals surface area contributed by atoms with Crippen LogP contribution in [0.1, 0.15) is 29.7 Å². The van der Waals surface area contributed by atoms with Crippen LogP contribution in [0.3, 0.4) is 0 Å². The Balaban J connectivity index is 1.35. The SMILES string of the molecule is COc1ccc([C@H](NC(=O)NCCCc2nc3ccccc3[nH]2)c2nccn2C)cc1. The van der Waals surface area contributed by atoms with E-state index in [-0.39, 0.29) is 12.1 Å². The molecule has 0 aliphatic carbocycles. The van der Waals surface area contributed by atoms with Crippen molar-refractivity contribution >= 4 is 17.1 Å². The van der Waals surface area contributed by atoms with Crippen LogP contribution in [0.15, 0.2) is 60.9 Å². The van der Waals surface area contributed by atoms with Gasteiger partial charge in [0.2, 0.25) is 0 Å². The van der Waals surface area contributed by atoms with Gasteiger partial charge < -0.3 is 24.9 Å². The monoisotopic (exact) mass is 418 g/mol. The highest BCUT2D eigenvalue weighted by Gasteiger charge is 2.20. The van der Waals surface area contributed by atoms with Gasteiger partial charge in [-0.1, -0.05) is 24.3 Å². The zero-order valence-electron chi connectivity index (χ0n) is 17.6. The molecule has 3 N–H and O–H groups in total. The fourth-order valence-electron chi connectivity index (χ4n) is 3.51. The van der Waals surface area contributed by atoms with Crippen molar-refractivity contribution in [1.29, 1.82) is 0 Å². The van der Waals surface area contributed by atoms with E-state index in [1.54, 1.807) is 13.3 Å². The van der Waals surface area contributed by atoms with Gasteiger partial charge >= 0.3 is 6.03 Å². The molecule has 0 aliphatic heterocycles. The number of carbonyl (C=O) groups is 1. The second-order valence-electron chi connectivity index (χ2n) is 7.31. The first-order valence-electron chi connectivity index (χ1n) is 10.2. The predicted octanol–water partition coefficient (Wildman–Crippen LogP) is 3.33. The normalized spacial score (nSPS) is 11.9. The number of nitrogens with one attached hydrogen (secondary N) is 3. The van der Waals surface area contributed by atoms with Gasteiger partial charge in [-0.25, -0.2) is 14.8 Å². The summed E-state index contributed by atoms with van der Waals surface area (Å²) in [5.74, 6) is 2.44. The van der Waals surface area contributed by atoms with Crippen molar-refractivity contribution in [2.45, 2.75) is 18.9 Å². The number of nitrogens with zero attached hydrogens (tertiary/aromatic N) is 3. The summed E-state index contributed by atoms with van der Waals surface area (Å²) >= 11 is 0. The number of aromatic amines is 1. The van der Waals surface area contributed by atoms with Crippen LogP contribution in [0.2, 0.25) is 0 Å². The summed E-state index contributed by atoms with van der Waals surface area (Å²) in [7, 11) is 3.54. The second kappa shape index (κ2) is 9.34. The maximum atomic E-state index is 12.6. The van der Waals surface area contributed by atoms with Gasteiger partial charge in [-0.3, -0.25) is 0 Å². The number of H-pyrrole nitrogens is 1. The van der Waals surface area contributed by atoms with Gasteiger partial charge in [0.1, 0.15) is 23.4 Å². The lowest BCUT2D eigenvalue weighted by molar-refractivity contribution is 0.238. The highest BCUT2D eigenvalue weighted by atomic mass is 16.5. The molecule has 31 heavy (non-hydrogen) atoms. The lowest BCUT2D eigenvalue weighted by Gasteiger charge is -2.20. The third-order valence-corrected chi connectivity index (χ3v) is 5.16. The van der Waals surface area contributed by atoms with Crippen LogP contribution in [-0.2, 0) is 13.5 Å². The number of aromatic nitrogens is 4. The summed E-state index contributed by atoms with van der Waals surface area (Å²) in [5, 5.41) is 5.97. The molecule has 0 spiro atoms. The molecule has 4 rings (SSSR count). The number of methoxy groups -OCH3 is 1. The topological polar surface area (TPSA) is 96.9 Å². The van der Waals surface area contributed by atoms with Crippen molar-refractivity contribution in [1.82, 2.24) is 30.2 Å². The minimum Gasteiger partial charge on any atom is -0.497 e. The van der Waals surface area contributed by atoms with Crippen molar-refractivity contribution in [2.75, 3.05) is 13.7 Å². The number of fused-ring (bicyclic) bond motifs is 1. The van der Waals surface area contributed by atoms with E-state index in [0.29, 0.717) is 6.54 Å². The summed E-state index contributed by atoms with van der Waals surface area (Å²) < 4.78 is 7.14. The van der Waals surface area contributed by atoms with Gasteiger partial charge in [-0.05, 0) is 36.2 Å². The highest BCUT2D eigenvalue weighted by molar-refractivity contribution is 5.75. The molecule has 1 atom stereocenters. The van der Waals surface area contributed by atoms with E-state index < -0.39 is 0 Å². The van der Waals surface area contributed by atoms with Crippen LogP contribution >= 0.6 is 0 Å². The number of benzene rings is 2. The van der Waals surface area contributed by atoms with E-state index in [1.807, 2.05) is 66.3 Å². The second-order valence-corrected chi connectivity index (χ2v) is 7.31. The molecule has 0 unspecified atom stereocenters. The Kier molecular flexibility index (Phi) is 6.16. The van der Waals surface area contributed by atoms with E-state index >= 15 is 0 Å². The number of carbonyl (C=O) groups excluding carboxylic acids is 1. The summed E-state index contributed by atoms with van der Waals surface area (Å²) in [5.41, 5.74) is 2.91. The minimum absolute atomic E-state index is 0.242. The number of rotatable bonds is 8. The predicted molar refractivity (Wildman–Crippen MR) is 119 cm³/mol. The molecule has 4 aromatic rings. The largest absolute Gasteiger partial charge is 0.497 e. The third-order valence-electron chi connectivity index (χ3n) is 5.16. The van der Waals surface area contributed by atoms with Crippen LogP contribution in [0.4, 0.5) is 4.79 Å².